The molecular weight excluding hydrogens is 465 g/mol. The second-order valence-corrected chi connectivity index (χ2v) is 7.52. The summed E-state index contributed by atoms with van der Waals surface area (Å²) in [6.07, 6.45) is 3.43. The minimum Gasteiger partial charge on any atom is -0.493 e. The number of carbonyl (C=O) groups excluding carboxylic acids is 1. The van der Waals surface area contributed by atoms with Crippen molar-refractivity contribution in [1.82, 2.24) is 0 Å². The summed E-state index contributed by atoms with van der Waals surface area (Å²) in [6.45, 7) is 3.89. The van der Waals surface area contributed by atoms with Gasteiger partial charge in [0.05, 0.1) is 17.7 Å². The SMILES string of the molecule is C=CCc1cc(/C=C(/C#N)C(=O)Nc2ccccc2F)cc(OC)c1OCc1ccc([N+](=O)[O-])cc1. The van der Waals surface area contributed by atoms with Crippen LogP contribution in [0.2, 0.25) is 0 Å². The molecule has 0 aromatic heterocycles. The minimum absolute atomic E-state index is 0.0212. The number of nitriles is 1. The lowest BCUT2D eigenvalue weighted by atomic mass is 10.0. The second-order valence-electron chi connectivity index (χ2n) is 7.52. The van der Waals surface area contributed by atoms with Crippen LogP contribution in [-0.2, 0) is 17.8 Å². The van der Waals surface area contributed by atoms with E-state index in [1.807, 2.05) is 6.07 Å². The Labute approximate surface area is 207 Å². The largest absolute Gasteiger partial charge is 0.493 e. The third-order valence-corrected chi connectivity index (χ3v) is 5.07. The monoisotopic (exact) mass is 487 g/mol. The molecule has 0 aliphatic heterocycles. The molecular formula is C27H22FN3O5. The first kappa shape index (κ1) is 25.6. The van der Waals surface area contributed by atoms with Crippen LogP contribution in [0.3, 0.4) is 0 Å². The molecule has 0 spiro atoms. The van der Waals surface area contributed by atoms with Crippen molar-refractivity contribution in [3.05, 3.63) is 112 Å². The average Bonchev–Trinajstić information content (AvgIpc) is 2.88. The zero-order chi connectivity index (χ0) is 26.1. The van der Waals surface area contributed by atoms with E-state index in [2.05, 4.69) is 11.9 Å². The van der Waals surface area contributed by atoms with E-state index < -0.39 is 16.6 Å². The molecule has 0 aliphatic rings. The first-order valence-electron chi connectivity index (χ1n) is 10.7. The van der Waals surface area contributed by atoms with Gasteiger partial charge in [-0.05, 0) is 60.0 Å². The Morgan fingerprint density at radius 2 is 1.94 bits per heavy atom. The molecule has 0 aliphatic carbocycles. The molecule has 0 saturated heterocycles. The molecule has 0 heterocycles. The van der Waals surface area contributed by atoms with E-state index in [1.165, 1.54) is 43.5 Å². The van der Waals surface area contributed by atoms with Gasteiger partial charge in [0, 0.05) is 17.7 Å². The number of non-ortho nitro benzene ring substituents is 1. The van der Waals surface area contributed by atoms with Gasteiger partial charge in [0.15, 0.2) is 11.5 Å². The van der Waals surface area contributed by atoms with Gasteiger partial charge >= 0.3 is 0 Å². The molecule has 3 aromatic carbocycles. The van der Waals surface area contributed by atoms with E-state index in [1.54, 1.807) is 36.4 Å². The second kappa shape index (κ2) is 11.9. The number of nitro benzene ring substituents is 1. The molecule has 36 heavy (non-hydrogen) atoms. The van der Waals surface area contributed by atoms with Gasteiger partial charge in [-0.25, -0.2) is 4.39 Å². The van der Waals surface area contributed by atoms with Crippen LogP contribution in [0.1, 0.15) is 16.7 Å². The number of nitro groups is 1. The van der Waals surface area contributed by atoms with Crippen molar-refractivity contribution < 1.29 is 23.6 Å². The summed E-state index contributed by atoms with van der Waals surface area (Å²) in [5.74, 6) is -0.588. The maximum absolute atomic E-state index is 13.9. The molecule has 3 rings (SSSR count). The maximum Gasteiger partial charge on any atom is 0.269 e. The molecule has 1 amide bonds. The number of ether oxygens (including phenoxy) is 2. The third-order valence-electron chi connectivity index (χ3n) is 5.07. The fourth-order valence-corrected chi connectivity index (χ4v) is 3.33. The molecule has 9 heteroatoms. The number of halogens is 1. The Kier molecular flexibility index (Phi) is 8.51. The molecule has 8 nitrogen and oxygen atoms in total. The van der Waals surface area contributed by atoms with Gasteiger partial charge in [-0.3, -0.25) is 14.9 Å². The molecule has 1 N–H and O–H groups in total. The Hall–Kier alpha value is -4.97. The first-order chi connectivity index (χ1) is 17.4. The smallest absolute Gasteiger partial charge is 0.269 e. The van der Waals surface area contributed by atoms with Crippen LogP contribution in [0.4, 0.5) is 15.8 Å². The number of nitrogens with zero attached hydrogens (tertiary/aromatic N) is 2. The molecule has 0 atom stereocenters. The number of hydrogen-bond donors (Lipinski definition) is 1. The summed E-state index contributed by atoms with van der Waals surface area (Å²) in [4.78, 5) is 22.9. The van der Waals surface area contributed by atoms with Crippen molar-refractivity contribution in [3.63, 3.8) is 0 Å². The molecule has 0 unspecified atom stereocenters. The molecule has 0 radical (unpaired) electrons. The van der Waals surface area contributed by atoms with Crippen molar-refractivity contribution in [3.8, 4) is 17.6 Å². The first-order valence-corrected chi connectivity index (χ1v) is 10.7. The van der Waals surface area contributed by atoms with E-state index in [-0.39, 0.29) is 23.6 Å². The summed E-state index contributed by atoms with van der Waals surface area (Å²) in [7, 11) is 1.45. The van der Waals surface area contributed by atoms with Gasteiger partial charge in [-0.15, -0.1) is 6.58 Å². The number of hydrogen-bond acceptors (Lipinski definition) is 6. The number of amides is 1. The zero-order valence-corrected chi connectivity index (χ0v) is 19.4. The van der Waals surface area contributed by atoms with Crippen LogP contribution in [0.5, 0.6) is 11.5 Å². The summed E-state index contributed by atoms with van der Waals surface area (Å²) in [5.41, 5.74) is 1.60. The Morgan fingerprint density at radius 1 is 1.22 bits per heavy atom. The predicted octanol–water partition coefficient (Wildman–Crippen LogP) is 5.60. The third kappa shape index (κ3) is 6.33. The minimum atomic E-state index is -0.759. The number of methoxy groups -OCH3 is 1. The van der Waals surface area contributed by atoms with Gasteiger partial charge in [-0.1, -0.05) is 18.2 Å². The van der Waals surface area contributed by atoms with Gasteiger partial charge in [0.25, 0.3) is 11.6 Å². The van der Waals surface area contributed by atoms with Gasteiger partial charge in [0.1, 0.15) is 24.1 Å². The zero-order valence-electron chi connectivity index (χ0n) is 19.4. The van der Waals surface area contributed by atoms with E-state index in [0.29, 0.717) is 34.6 Å². The Bertz CT molecular complexity index is 1360. The van der Waals surface area contributed by atoms with Crippen LogP contribution < -0.4 is 14.8 Å². The number of allylic oxidation sites excluding steroid dienone is 1. The number of para-hydroxylation sites is 1. The molecule has 0 saturated carbocycles. The summed E-state index contributed by atoms with van der Waals surface area (Å²) in [6, 6.07) is 16.8. The fourth-order valence-electron chi connectivity index (χ4n) is 3.33. The lowest BCUT2D eigenvalue weighted by molar-refractivity contribution is -0.384. The fraction of sp³-hybridized carbons (Fsp3) is 0.111. The van der Waals surface area contributed by atoms with E-state index in [9.17, 15) is 24.6 Å². The Morgan fingerprint density at radius 3 is 2.56 bits per heavy atom. The standard InChI is InChI=1S/C27H22FN3O5/c1-3-6-20-13-19(14-21(16-29)27(32)30-24-8-5-4-7-23(24)28)15-25(35-2)26(20)36-17-18-9-11-22(12-10-18)31(33)34/h3-5,7-15H,1,6,17H2,2H3,(H,30,32)/b21-14-. The van der Waals surface area contributed by atoms with E-state index in [4.69, 9.17) is 9.47 Å². The topological polar surface area (TPSA) is 114 Å². The predicted molar refractivity (Wildman–Crippen MR) is 133 cm³/mol. The molecule has 3 aromatic rings. The molecule has 182 valence electrons. The van der Waals surface area contributed by atoms with Crippen molar-refractivity contribution in [2.45, 2.75) is 13.0 Å². The highest BCUT2D eigenvalue weighted by Gasteiger charge is 2.16. The average molecular weight is 487 g/mol. The molecule has 0 bridgehead atoms. The van der Waals surface area contributed by atoms with Crippen LogP contribution in [0.25, 0.3) is 6.08 Å². The summed E-state index contributed by atoms with van der Waals surface area (Å²) < 4.78 is 25.4. The van der Waals surface area contributed by atoms with Crippen molar-refractivity contribution in [2.24, 2.45) is 0 Å². The van der Waals surface area contributed by atoms with Gasteiger partial charge in [0.2, 0.25) is 0 Å². The van der Waals surface area contributed by atoms with Crippen LogP contribution in [-0.4, -0.2) is 17.9 Å². The van der Waals surface area contributed by atoms with Gasteiger partial charge < -0.3 is 14.8 Å². The lowest BCUT2D eigenvalue weighted by Crippen LogP contribution is -2.14. The highest BCUT2D eigenvalue weighted by atomic mass is 19.1. The maximum atomic E-state index is 13.9. The number of nitrogens with one attached hydrogen (secondary N) is 1. The number of rotatable bonds is 10. The van der Waals surface area contributed by atoms with Gasteiger partial charge in [-0.2, -0.15) is 5.26 Å². The number of anilines is 1. The van der Waals surface area contributed by atoms with Crippen molar-refractivity contribution in [2.75, 3.05) is 12.4 Å². The van der Waals surface area contributed by atoms with Crippen LogP contribution >= 0.6 is 0 Å². The normalized spacial score (nSPS) is 10.8. The number of benzene rings is 3. The number of carbonyl (C=O) groups is 1. The summed E-state index contributed by atoms with van der Waals surface area (Å²) in [5, 5.41) is 22.8. The highest BCUT2D eigenvalue weighted by Crippen LogP contribution is 2.35. The van der Waals surface area contributed by atoms with E-state index >= 15 is 0 Å². The quantitative estimate of drug-likeness (QED) is 0.131. The lowest BCUT2D eigenvalue weighted by Gasteiger charge is -2.16. The summed E-state index contributed by atoms with van der Waals surface area (Å²) >= 11 is 0. The van der Waals surface area contributed by atoms with Crippen molar-refractivity contribution >= 4 is 23.4 Å². The van der Waals surface area contributed by atoms with Crippen LogP contribution in [0, 0.1) is 27.3 Å². The highest BCUT2D eigenvalue weighted by molar-refractivity contribution is 6.09. The van der Waals surface area contributed by atoms with E-state index in [0.717, 1.165) is 0 Å². The Balaban J connectivity index is 1.88. The van der Waals surface area contributed by atoms with Crippen molar-refractivity contribution in [1.29, 1.82) is 5.26 Å². The molecule has 0 fully saturated rings. The van der Waals surface area contributed by atoms with Crippen LogP contribution in [0.15, 0.2) is 78.9 Å².